The monoisotopic (exact) mass is 349 g/mol. The average molecular weight is 350 g/mol. The molecule has 0 N–H and O–H groups in total. The van der Waals surface area contributed by atoms with Crippen molar-refractivity contribution in [2.75, 3.05) is 0 Å². The first kappa shape index (κ1) is 13.4. The highest BCUT2D eigenvalue weighted by Crippen LogP contribution is 2.27. The molecule has 0 fully saturated rings. The van der Waals surface area contributed by atoms with Crippen LogP contribution in [0.5, 0.6) is 0 Å². The van der Waals surface area contributed by atoms with E-state index in [1.54, 1.807) is 36.5 Å². The molecule has 3 aromatic rings. The lowest BCUT2D eigenvalue weighted by atomic mass is 10.2. The van der Waals surface area contributed by atoms with Crippen molar-refractivity contribution in [3.05, 3.63) is 64.8 Å². The molecule has 0 aliphatic heterocycles. The average Bonchev–Trinajstić information content (AvgIpc) is 2.77. The molecule has 0 atom stereocenters. The number of aryl methyl sites for hydroxylation is 1. The molecule has 0 radical (unpaired) electrons. The zero-order valence-corrected chi connectivity index (χ0v) is 13.1. The fourth-order valence-electron chi connectivity index (χ4n) is 2.24. The molecule has 2 aromatic carbocycles. The van der Waals surface area contributed by atoms with Crippen molar-refractivity contribution in [1.29, 1.82) is 0 Å². The van der Waals surface area contributed by atoms with Gasteiger partial charge < -0.3 is 0 Å². The third-order valence-electron chi connectivity index (χ3n) is 3.23. The lowest BCUT2D eigenvalue weighted by molar-refractivity contribution is 0.589. The van der Waals surface area contributed by atoms with E-state index >= 15 is 0 Å². The van der Waals surface area contributed by atoms with Gasteiger partial charge in [0.1, 0.15) is 0 Å². The predicted molar refractivity (Wildman–Crippen MR) is 83.4 cm³/mol. The van der Waals surface area contributed by atoms with E-state index in [0.29, 0.717) is 10.4 Å². The molecule has 3 nitrogen and oxygen atoms in total. The van der Waals surface area contributed by atoms with Crippen LogP contribution in [0.15, 0.2) is 64.1 Å². The van der Waals surface area contributed by atoms with Gasteiger partial charge in [-0.15, -0.1) is 0 Å². The lowest BCUT2D eigenvalue weighted by Gasteiger charge is -2.07. The number of hydrogen-bond acceptors (Lipinski definition) is 2. The molecule has 0 aliphatic rings. The fraction of sp³-hybridized carbons (Fsp3) is 0.0667. The van der Waals surface area contributed by atoms with Gasteiger partial charge in [-0.2, -0.15) is 0 Å². The van der Waals surface area contributed by atoms with E-state index in [-0.39, 0.29) is 0 Å². The highest BCUT2D eigenvalue weighted by Gasteiger charge is 2.19. The Labute approximate surface area is 126 Å². The molecule has 20 heavy (non-hydrogen) atoms. The summed E-state index contributed by atoms with van der Waals surface area (Å²) >= 11 is 3.41. The number of rotatable bonds is 2. The summed E-state index contributed by atoms with van der Waals surface area (Å²) in [6.45, 7) is 1.91. The molecule has 0 spiro atoms. The Balaban J connectivity index is 2.31. The third kappa shape index (κ3) is 2.07. The van der Waals surface area contributed by atoms with Gasteiger partial charge >= 0.3 is 0 Å². The van der Waals surface area contributed by atoms with Crippen molar-refractivity contribution in [2.45, 2.75) is 11.8 Å². The Morgan fingerprint density at radius 3 is 2.45 bits per heavy atom. The van der Waals surface area contributed by atoms with Crippen molar-refractivity contribution in [3.63, 3.8) is 0 Å². The Morgan fingerprint density at radius 1 is 1.05 bits per heavy atom. The maximum Gasteiger partial charge on any atom is 0.268 e. The Morgan fingerprint density at radius 2 is 1.75 bits per heavy atom. The maximum atomic E-state index is 12.7. The van der Waals surface area contributed by atoms with Gasteiger partial charge in [-0.05, 0) is 42.8 Å². The number of hydrogen-bond donors (Lipinski definition) is 0. The zero-order chi connectivity index (χ0) is 14.3. The van der Waals surface area contributed by atoms with Crippen LogP contribution < -0.4 is 0 Å². The minimum atomic E-state index is -3.56. The van der Waals surface area contributed by atoms with E-state index < -0.39 is 10.0 Å². The molecule has 102 valence electrons. The zero-order valence-electron chi connectivity index (χ0n) is 10.7. The Kier molecular flexibility index (Phi) is 3.18. The third-order valence-corrected chi connectivity index (χ3v) is 5.41. The summed E-state index contributed by atoms with van der Waals surface area (Å²) in [6, 6.07) is 14.1. The van der Waals surface area contributed by atoms with Crippen LogP contribution in [0.1, 0.15) is 5.56 Å². The summed E-state index contributed by atoms with van der Waals surface area (Å²) in [6.07, 6.45) is 1.67. The summed E-state index contributed by atoms with van der Waals surface area (Å²) in [5.41, 5.74) is 1.62. The first-order chi connectivity index (χ1) is 9.50. The van der Waals surface area contributed by atoms with E-state index in [4.69, 9.17) is 0 Å². The van der Waals surface area contributed by atoms with Crippen LogP contribution in [-0.2, 0) is 10.0 Å². The minimum absolute atomic E-state index is 0.291. The highest BCUT2D eigenvalue weighted by atomic mass is 79.9. The van der Waals surface area contributed by atoms with Crippen LogP contribution in [0.2, 0.25) is 0 Å². The van der Waals surface area contributed by atoms with Gasteiger partial charge in [-0.25, -0.2) is 12.4 Å². The standard InChI is InChI=1S/C15H12BrNO2S/c1-11-10-17(15-8-7-12(16)9-14(11)15)20(18,19)13-5-3-2-4-6-13/h2-10H,1H3. The van der Waals surface area contributed by atoms with Gasteiger partial charge in [0, 0.05) is 16.1 Å². The second kappa shape index (κ2) is 4.75. The predicted octanol–water partition coefficient (Wildman–Crippen LogP) is 3.95. The number of nitrogens with zero attached hydrogens (tertiary/aromatic N) is 1. The van der Waals surface area contributed by atoms with Crippen LogP contribution in [0, 0.1) is 6.92 Å². The molecule has 0 aliphatic carbocycles. The van der Waals surface area contributed by atoms with E-state index in [2.05, 4.69) is 15.9 Å². The Hall–Kier alpha value is -1.59. The minimum Gasteiger partial charge on any atom is -0.241 e. The van der Waals surface area contributed by atoms with Gasteiger partial charge in [-0.3, -0.25) is 0 Å². The second-order valence-corrected chi connectivity index (χ2v) is 7.32. The first-order valence-electron chi connectivity index (χ1n) is 6.08. The van der Waals surface area contributed by atoms with Crippen LogP contribution in [-0.4, -0.2) is 12.4 Å². The molecular weight excluding hydrogens is 338 g/mol. The number of halogens is 1. The maximum absolute atomic E-state index is 12.7. The Bertz CT molecular complexity index is 883. The summed E-state index contributed by atoms with van der Waals surface area (Å²) in [5, 5.41) is 0.930. The van der Waals surface area contributed by atoms with Crippen molar-refractivity contribution >= 4 is 36.9 Å². The molecule has 0 unspecified atom stereocenters. The van der Waals surface area contributed by atoms with Crippen molar-refractivity contribution in [3.8, 4) is 0 Å². The van der Waals surface area contributed by atoms with E-state index in [1.807, 2.05) is 25.1 Å². The van der Waals surface area contributed by atoms with Gasteiger partial charge in [0.2, 0.25) is 0 Å². The van der Waals surface area contributed by atoms with Crippen molar-refractivity contribution in [1.82, 2.24) is 3.97 Å². The topological polar surface area (TPSA) is 39.1 Å². The van der Waals surface area contributed by atoms with E-state index in [1.165, 1.54) is 3.97 Å². The molecule has 0 saturated heterocycles. The van der Waals surface area contributed by atoms with E-state index in [0.717, 1.165) is 15.4 Å². The molecule has 0 amide bonds. The molecule has 1 heterocycles. The summed E-state index contributed by atoms with van der Waals surface area (Å²) < 4.78 is 27.7. The second-order valence-electron chi connectivity index (χ2n) is 4.59. The smallest absolute Gasteiger partial charge is 0.241 e. The summed E-state index contributed by atoms with van der Waals surface area (Å²) in [4.78, 5) is 0.291. The number of benzene rings is 2. The molecule has 3 rings (SSSR count). The molecule has 5 heteroatoms. The van der Waals surface area contributed by atoms with Gasteiger partial charge in [0.15, 0.2) is 0 Å². The molecule has 1 aromatic heterocycles. The molecular formula is C15H12BrNO2S. The number of fused-ring (bicyclic) bond motifs is 1. The molecule has 0 saturated carbocycles. The number of aromatic nitrogens is 1. The SMILES string of the molecule is Cc1cn(S(=O)(=O)c2ccccc2)c2ccc(Br)cc12. The van der Waals surface area contributed by atoms with Crippen molar-refractivity contribution in [2.24, 2.45) is 0 Å². The molecule has 0 bridgehead atoms. The van der Waals surface area contributed by atoms with Crippen LogP contribution >= 0.6 is 15.9 Å². The first-order valence-corrected chi connectivity index (χ1v) is 8.31. The van der Waals surface area contributed by atoms with E-state index in [9.17, 15) is 8.42 Å². The highest BCUT2D eigenvalue weighted by molar-refractivity contribution is 9.10. The van der Waals surface area contributed by atoms with Crippen LogP contribution in [0.25, 0.3) is 10.9 Å². The van der Waals surface area contributed by atoms with Gasteiger partial charge in [0.25, 0.3) is 10.0 Å². The quantitative estimate of drug-likeness (QED) is 0.702. The summed E-state index contributed by atoms with van der Waals surface area (Å²) in [5.74, 6) is 0. The van der Waals surface area contributed by atoms with Gasteiger partial charge in [0.05, 0.1) is 10.4 Å². The lowest BCUT2D eigenvalue weighted by Crippen LogP contribution is -2.11. The summed E-state index contributed by atoms with van der Waals surface area (Å²) in [7, 11) is -3.56. The fourth-order valence-corrected chi connectivity index (χ4v) is 4.04. The normalized spacial score (nSPS) is 11.9. The largest absolute Gasteiger partial charge is 0.268 e. The van der Waals surface area contributed by atoms with Crippen LogP contribution in [0.3, 0.4) is 0 Å². The van der Waals surface area contributed by atoms with Gasteiger partial charge in [-0.1, -0.05) is 34.1 Å². The van der Waals surface area contributed by atoms with Crippen molar-refractivity contribution < 1.29 is 8.42 Å². The van der Waals surface area contributed by atoms with Crippen LogP contribution in [0.4, 0.5) is 0 Å².